The Kier molecular flexibility index (Phi) is 2.66. The zero-order valence-corrected chi connectivity index (χ0v) is 6.75. The number of hydrogen-bond acceptors (Lipinski definition) is 1. The van der Waals surface area contributed by atoms with E-state index in [9.17, 15) is 5.11 Å². The van der Waals surface area contributed by atoms with Crippen LogP contribution in [0.5, 0.6) is 0 Å². The van der Waals surface area contributed by atoms with Gasteiger partial charge in [0.1, 0.15) is 0 Å². The lowest BCUT2D eigenvalue weighted by atomic mass is 10.1. The van der Waals surface area contributed by atoms with E-state index in [0.717, 1.165) is 17.5 Å². The van der Waals surface area contributed by atoms with E-state index in [4.69, 9.17) is 0 Å². The van der Waals surface area contributed by atoms with E-state index in [0.29, 0.717) is 0 Å². The smallest absolute Gasteiger partial charge is 0.0787 e. The molecule has 1 aromatic carbocycles. The van der Waals surface area contributed by atoms with E-state index in [1.807, 2.05) is 31.2 Å². The summed E-state index contributed by atoms with van der Waals surface area (Å²) in [7, 11) is 0. The predicted molar refractivity (Wildman–Crippen MR) is 46.2 cm³/mol. The van der Waals surface area contributed by atoms with Crippen LogP contribution in [0.3, 0.4) is 0 Å². The number of aliphatic hydroxyl groups excluding tert-OH is 1. The van der Waals surface area contributed by atoms with Crippen molar-refractivity contribution in [2.24, 2.45) is 0 Å². The molecule has 59 valence electrons. The van der Waals surface area contributed by atoms with Crippen molar-refractivity contribution in [3.05, 3.63) is 42.3 Å². The topological polar surface area (TPSA) is 20.2 Å². The third-order valence-electron chi connectivity index (χ3n) is 1.72. The van der Waals surface area contributed by atoms with Crippen molar-refractivity contribution in [1.29, 1.82) is 0 Å². The van der Waals surface area contributed by atoms with Gasteiger partial charge in [0, 0.05) is 0 Å². The average molecular weight is 149 g/mol. The van der Waals surface area contributed by atoms with Crippen molar-refractivity contribution >= 4 is 0 Å². The van der Waals surface area contributed by atoms with Crippen molar-refractivity contribution < 1.29 is 5.11 Å². The molecule has 1 heteroatoms. The van der Waals surface area contributed by atoms with Crippen LogP contribution < -0.4 is 0 Å². The summed E-state index contributed by atoms with van der Waals surface area (Å²) in [5, 5.41) is 9.43. The molecular formula is C10H13O. The zero-order chi connectivity index (χ0) is 8.27. The van der Waals surface area contributed by atoms with Gasteiger partial charge in [-0.3, -0.25) is 0 Å². The van der Waals surface area contributed by atoms with Crippen LogP contribution in [0.15, 0.2) is 24.3 Å². The molecule has 0 heterocycles. The Morgan fingerprint density at radius 3 is 2.82 bits per heavy atom. The quantitative estimate of drug-likeness (QED) is 0.684. The SMILES string of the molecule is [CH2]c1cccc(C(O)CC)c1. The lowest BCUT2D eigenvalue weighted by Gasteiger charge is -2.07. The Labute approximate surface area is 67.7 Å². The van der Waals surface area contributed by atoms with Gasteiger partial charge in [0.25, 0.3) is 0 Å². The predicted octanol–water partition coefficient (Wildman–Crippen LogP) is 2.31. The fraction of sp³-hybridized carbons (Fsp3) is 0.300. The molecule has 11 heavy (non-hydrogen) atoms. The van der Waals surface area contributed by atoms with E-state index in [-0.39, 0.29) is 6.10 Å². The minimum Gasteiger partial charge on any atom is -0.388 e. The fourth-order valence-electron chi connectivity index (χ4n) is 1.04. The molecular weight excluding hydrogens is 136 g/mol. The molecule has 1 unspecified atom stereocenters. The number of rotatable bonds is 2. The summed E-state index contributed by atoms with van der Waals surface area (Å²) in [5.74, 6) is 0. The standard InChI is InChI=1S/C10H13O/c1-3-10(11)9-6-4-5-8(2)7-9/h4-7,10-11H,2-3H2,1H3. The largest absolute Gasteiger partial charge is 0.388 e. The van der Waals surface area contributed by atoms with Gasteiger partial charge in [-0.05, 0) is 24.5 Å². The third-order valence-corrected chi connectivity index (χ3v) is 1.72. The zero-order valence-electron chi connectivity index (χ0n) is 6.75. The maximum Gasteiger partial charge on any atom is 0.0787 e. The van der Waals surface area contributed by atoms with E-state index in [1.54, 1.807) is 0 Å². The van der Waals surface area contributed by atoms with Crippen LogP contribution in [0, 0.1) is 6.92 Å². The van der Waals surface area contributed by atoms with Crippen molar-refractivity contribution in [3.63, 3.8) is 0 Å². The van der Waals surface area contributed by atoms with Gasteiger partial charge < -0.3 is 5.11 Å². The first-order valence-electron chi connectivity index (χ1n) is 3.84. The van der Waals surface area contributed by atoms with Crippen LogP contribution in [-0.2, 0) is 0 Å². The second kappa shape index (κ2) is 3.54. The van der Waals surface area contributed by atoms with Crippen LogP contribution in [0.2, 0.25) is 0 Å². The Morgan fingerprint density at radius 1 is 1.55 bits per heavy atom. The molecule has 0 fully saturated rings. The second-order valence-corrected chi connectivity index (χ2v) is 2.67. The molecule has 1 radical (unpaired) electrons. The highest BCUT2D eigenvalue weighted by molar-refractivity contribution is 5.26. The van der Waals surface area contributed by atoms with E-state index in [2.05, 4.69) is 6.92 Å². The van der Waals surface area contributed by atoms with Gasteiger partial charge in [0.2, 0.25) is 0 Å². The minimum absolute atomic E-state index is 0.336. The van der Waals surface area contributed by atoms with Gasteiger partial charge in [-0.15, -0.1) is 0 Å². The molecule has 1 aromatic rings. The van der Waals surface area contributed by atoms with Gasteiger partial charge in [0.15, 0.2) is 0 Å². The highest BCUT2D eigenvalue weighted by Crippen LogP contribution is 2.16. The molecule has 0 bridgehead atoms. The highest BCUT2D eigenvalue weighted by Gasteiger charge is 2.02. The van der Waals surface area contributed by atoms with Crippen LogP contribution in [0.1, 0.15) is 30.6 Å². The Hall–Kier alpha value is -0.820. The van der Waals surface area contributed by atoms with Crippen molar-refractivity contribution in [1.82, 2.24) is 0 Å². The molecule has 0 saturated heterocycles. The van der Waals surface area contributed by atoms with E-state index >= 15 is 0 Å². The van der Waals surface area contributed by atoms with Gasteiger partial charge >= 0.3 is 0 Å². The molecule has 0 aliphatic heterocycles. The first-order valence-corrected chi connectivity index (χ1v) is 3.84. The lowest BCUT2D eigenvalue weighted by Crippen LogP contribution is -1.94. The number of hydrogen-bond donors (Lipinski definition) is 1. The minimum atomic E-state index is -0.336. The average Bonchev–Trinajstić information content (AvgIpc) is 2.03. The first kappa shape index (κ1) is 8.28. The number of aliphatic hydroxyl groups is 1. The molecule has 0 aromatic heterocycles. The molecule has 1 N–H and O–H groups in total. The first-order chi connectivity index (χ1) is 5.24. The maximum absolute atomic E-state index is 9.43. The van der Waals surface area contributed by atoms with Crippen molar-refractivity contribution in [2.45, 2.75) is 19.4 Å². The molecule has 0 spiro atoms. The molecule has 1 nitrogen and oxygen atoms in total. The van der Waals surface area contributed by atoms with Crippen LogP contribution >= 0.6 is 0 Å². The van der Waals surface area contributed by atoms with Gasteiger partial charge in [-0.1, -0.05) is 31.2 Å². The molecule has 0 saturated carbocycles. The Balaban J connectivity index is 2.86. The van der Waals surface area contributed by atoms with Gasteiger partial charge in [-0.25, -0.2) is 0 Å². The molecule has 0 amide bonds. The number of benzene rings is 1. The summed E-state index contributed by atoms with van der Waals surface area (Å²) >= 11 is 0. The summed E-state index contributed by atoms with van der Waals surface area (Å²) in [6, 6.07) is 7.67. The van der Waals surface area contributed by atoms with Crippen molar-refractivity contribution in [2.75, 3.05) is 0 Å². The molecule has 1 atom stereocenters. The van der Waals surface area contributed by atoms with Crippen LogP contribution in [-0.4, -0.2) is 5.11 Å². The normalized spacial score (nSPS) is 13.0. The van der Waals surface area contributed by atoms with E-state index < -0.39 is 0 Å². The highest BCUT2D eigenvalue weighted by atomic mass is 16.3. The monoisotopic (exact) mass is 149 g/mol. The van der Waals surface area contributed by atoms with Gasteiger partial charge in [-0.2, -0.15) is 0 Å². The summed E-state index contributed by atoms with van der Waals surface area (Å²) in [5.41, 5.74) is 1.91. The second-order valence-electron chi connectivity index (χ2n) is 2.67. The van der Waals surface area contributed by atoms with Gasteiger partial charge in [0.05, 0.1) is 6.10 Å². The molecule has 0 aliphatic rings. The molecule has 0 aliphatic carbocycles. The third kappa shape index (κ3) is 2.05. The molecule has 1 rings (SSSR count). The summed E-state index contributed by atoms with van der Waals surface area (Å²) in [6.07, 6.45) is 0.417. The van der Waals surface area contributed by atoms with Crippen LogP contribution in [0.25, 0.3) is 0 Å². The fourth-order valence-corrected chi connectivity index (χ4v) is 1.04. The van der Waals surface area contributed by atoms with Crippen LogP contribution in [0.4, 0.5) is 0 Å². The van der Waals surface area contributed by atoms with Crippen molar-refractivity contribution in [3.8, 4) is 0 Å². The summed E-state index contributed by atoms with van der Waals surface area (Å²) in [6.45, 7) is 5.75. The Morgan fingerprint density at radius 2 is 2.27 bits per heavy atom. The Bertz CT molecular complexity index is 230. The summed E-state index contributed by atoms with van der Waals surface area (Å²) in [4.78, 5) is 0. The lowest BCUT2D eigenvalue weighted by molar-refractivity contribution is 0.173. The van der Waals surface area contributed by atoms with E-state index in [1.165, 1.54) is 0 Å². The summed E-state index contributed by atoms with van der Waals surface area (Å²) < 4.78 is 0. The maximum atomic E-state index is 9.43.